The van der Waals surface area contributed by atoms with Crippen LogP contribution in [0.25, 0.3) is 0 Å². The van der Waals surface area contributed by atoms with Gasteiger partial charge in [0.1, 0.15) is 0 Å². The fourth-order valence-electron chi connectivity index (χ4n) is 0. The molecule has 0 rings (SSSR count). The summed E-state index contributed by atoms with van der Waals surface area (Å²) in [7, 11) is 0. The SMILES string of the molecule is FC(F)(Cl)Cl.FCCl. The fraction of sp³-hybridized carbons (Fsp3) is 1.00. The second-order valence-electron chi connectivity index (χ2n) is 0.530. The van der Waals surface area contributed by atoms with E-state index >= 15 is 0 Å². The monoisotopic (exact) mass is 188 g/mol. The Balaban J connectivity index is 0. The third-order valence-corrected chi connectivity index (χ3v) is 0. The fourth-order valence-corrected chi connectivity index (χ4v) is 0. The van der Waals surface area contributed by atoms with E-state index in [0.29, 0.717) is 0 Å². The maximum Gasteiger partial charge on any atom is 0.401 e. The molecule has 0 aromatic heterocycles. The molecule has 0 heterocycles. The lowest BCUT2D eigenvalue weighted by Gasteiger charge is -1.87. The van der Waals surface area contributed by atoms with Gasteiger partial charge in [-0.15, -0.1) is 0 Å². The van der Waals surface area contributed by atoms with Gasteiger partial charge in [-0.25, -0.2) is 4.39 Å². The van der Waals surface area contributed by atoms with Crippen LogP contribution in [0.3, 0.4) is 0 Å². The minimum atomic E-state index is -3.56. The highest BCUT2D eigenvalue weighted by atomic mass is 35.5. The van der Waals surface area contributed by atoms with Crippen LogP contribution in [0.2, 0.25) is 0 Å². The normalized spacial score (nSPS) is 9.75. The van der Waals surface area contributed by atoms with Crippen LogP contribution in [0, 0.1) is 0 Å². The zero-order valence-electron chi connectivity index (χ0n) is 3.47. The lowest BCUT2D eigenvalue weighted by atomic mass is 11.7. The number of rotatable bonds is 0. The Hall–Kier alpha value is 0.660. The van der Waals surface area contributed by atoms with E-state index in [9.17, 15) is 13.2 Å². The molecule has 0 radical (unpaired) electrons. The van der Waals surface area contributed by atoms with Gasteiger partial charge >= 0.3 is 4.84 Å². The molecule has 0 aliphatic heterocycles. The molecule has 0 aliphatic carbocycles. The summed E-state index contributed by atoms with van der Waals surface area (Å²) < 4.78 is 31.2. The summed E-state index contributed by atoms with van der Waals surface area (Å²) in [5.74, 6) is 0. The molecular weight excluding hydrogens is 187 g/mol. The van der Waals surface area contributed by atoms with Crippen molar-refractivity contribution in [3.8, 4) is 0 Å². The molecule has 52 valence electrons. The highest BCUT2D eigenvalue weighted by Gasteiger charge is 2.17. The largest absolute Gasteiger partial charge is 0.401 e. The summed E-state index contributed by atoms with van der Waals surface area (Å²) >= 11 is 12.3. The van der Waals surface area contributed by atoms with Crippen molar-refractivity contribution in [3.05, 3.63) is 0 Å². The molecule has 8 heavy (non-hydrogen) atoms. The van der Waals surface area contributed by atoms with Gasteiger partial charge in [0.25, 0.3) is 0 Å². The molecule has 0 saturated carbocycles. The van der Waals surface area contributed by atoms with E-state index in [1.165, 1.54) is 0 Å². The van der Waals surface area contributed by atoms with Crippen molar-refractivity contribution >= 4 is 34.8 Å². The van der Waals surface area contributed by atoms with Gasteiger partial charge in [0.2, 0.25) is 0 Å². The number of alkyl halides is 6. The molecule has 0 fully saturated rings. The Morgan fingerprint density at radius 2 is 1.25 bits per heavy atom. The van der Waals surface area contributed by atoms with Crippen molar-refractivity contribution in [1.29, 1.82) is 0 Å². The Morgan fingerprint density at radius 3 is 1.25 bits per heavy atom. The van der Waals surface area contributed by atoms with Crippen LogP contribution >= 0.6 is 34.8 Å². The average molecular weight is 189 g/mol. The number of halogens is 6. The van der Waals surface area contributed by atoms with Gasteiger partial charge in [0.05, 0.1) is 0 Å². The van der Waals surface area contributed by atoms with Crippen molar-refractivity contribution in [2.24, 2.45) is 0 Å². The second-order valence-corrected chi connectivity index (χ2v) is 1.87. The van der Waals surface area contributed by atoms with Gasteiger partial charge in [0, 0.05) is 0 Å². The van der Waals surface area contributed by atoms with E-state index in [4.69, 9.17) is 0 Å². The molecular formula is C2H2Cl3F3. The van der Waals surface area contributed by atoms with Crippen LogP contribution in [0.4, 0.5) is 13.2 Å². The summed E-state index contributed by atoms with van der Waals surface area (Å²) in [6.07, 6.45) is -0.778. The molecule has 0 aromatic rings. The second kappa shape index (κ2) is 5.79. The summed E-state index contributed by atoms with van der Waals surface area (Å²) in [5.41, 5.74) is 0. The van der Waals surface area contributed by atoms with Crippen molar-refractivity contribution in [3.63, 3.8) is 0 Å². The van der Waals surface area contributed by atoms with E-state index in [-0.39, 0.29) is 0 Å². The van der Waals surface area contributed by atoms with Crippen LogP contribution < -0.4 is 0 Å². The van der Waals surface area contributed by atoms with Crippen molar-refractivity contribution in [2.75, 3.05) is 6.13 Å². The zero-order valence-corrected chi connectivity index (χ0v) is 5.74. The van der Waals surface area contributed by atoms with Gasteiger partial charge in [-0.05, 0) is 23.2 Å². The number of hydrogen-bond acceptors (Lipinski definition) is 0. The van der Waals surface area contributed by atoms with Gasteiger partial charge in [-0.1, -0.05) is 11.6 Å². The maximum atomic E-state index is 10.6. The van der Waals surface area contributed by atoms with Crippen LogP contribution in [0.5, 0.6) is 0 Å². The first-order valence-corrected chi connectivity index (χ1v) is 2.58. The predicted molar refractivity (Wildman–Crippen MR) is 28.5 cm³/mol. The van der Waals surface area contributed by atoms with Crippen molar-refractivity contribution < 1.29 is 13.2 Å². The average Bonchev–Trinajstić information content (AvgIpc) is 1.27. The zero-order chi connectivity index (χ0) is 7.21. The van der Waals surface area contributed by atoms with Crippen LogP contribution in [-0.4, -0.2) is 11.0 Å². The number of hydrogen-bond donors (Lipinski definition) is 0. The van der Waals surface area contributed by atoms with Crippen molar-refractivity contribution in [2.45, 2.75) is 4.84 Å². The molecule has 0 amide bonds. The third-order valence-electron chi connectivity index (χ3n) is 0. The third kappa shape index (κ3) is 490. The molecule has 0 unspecified atom stereocenters. The Labute approximate surface area is 59.5 Å². The van der Waals surface area contributed by atoms with Crippen LogP contribution in [0.1, 0.15) is 0 Å². The van der Waals surface area contributed by atoms with E-state index in [0.717, 1.165) is 0 Å². The van der Waals surface area contributed by atoms with Gasteiger partial charge in [0.15, 0.2) is 6.13 Å². The van der Waals surface area contributed by atoms with Crippen LogP contribution in [-0.2, 0) is 0 Å². The minimum absolute atomic E-state index is 0.778. The molecule has 0 bridgehead atoms. The van der Waals surface area contributed by atoms with Gasteiger partial charge < -0.3 is 0 Å². The quantitative estimate of drug-likeness (QED) is 0.514. The Morgan fingerprint density at radius 1 is 1.25 bits per heavy atom. The topological polar surface area (TPSA) is 0 Å². The molecule has 0 nitrogen and oxygen atoms in total. The van der Waals surface area contributed by atoms with Gasteiger partial charge in [-0.2, -0.15) is 8.78 Å². The maximum absolute atomic E-state index is 10.6. The summed E-state index contributed by atoms with van der Waals surface area (Å²) in [4.78, 5) is -3.56. The molecule has 6 heteroatoms. The highest BCUT2D eigenvalue weighted by Crippen LogP contribution is 2.22. The minimum Gasteiger partial charge on any atom is -0.234 e. The lowest BCUT2D eigenvalue weighted by molar-refractivity contribution is 0.194. The smallest absolute Gasteiger partial charge is 0.234 e. The Kier molecular flexibility index (Phi) is 8.29. The summed E-state index contributed by atoms with van der Waals surface area (Å²) in [6.45, 7) is 0. The molecule has 0 atom stereocenters. The van der Waals surface area contributed by atoms with Gasteiger partial charge in [-0.3, -0.25) is 0 Å². The first kappa shape index (κ1) is 11.5. The molecule has 0 spiro atoms. The first-order valence-electron chi connectivity index (χ1n) is 1.29. The highest BCUT2D eigenvalue weighted by molar-refractivity contribution is 6.45. The predicted octanol–water partition coefficient (Wildman–Crippen LogP) is 3.17. The van der Waals surface area contributed by atoms with E-state index in [2.05, 4.69) is 34.8 Å². The van der Waals surface area contributed by atoms with E-state index in [1.807, 2.05) is 0 Å². The van der Waals surface area contributed by atoms with E-state index in [1.54, 1.807) is 0 Å². The summed E-state index contributed by atoms with van der Waals surface area (Å²) in [6, 6.07) is 0. The Bertz CT molecular complexity index is 36.3. The summed E-state index contributed by atoms with van der Waals surface area (Å²) in [5, 5.41) is 0. The van der Waals surface area contributed by atoms with E-state index < -0.39 is 11.0 Å². The molecule has 0 N–H and O–H groups in total. The van der Waals surface area contributed by atoms with Crippen molar-refractivity contribution in [1.82, 2.24) is 0 Å². The van der Waals surface area contributed by atoms with Crippen LogP contribution in [0.15, 0.2) is 0 Å². The molecule has 0 aliphatic rings. The molecule has 0 saturated heterocycles. The standard InChI is InChI=1S/CCl2F2.CH2ClF/c2-1(3,4)5;2-1-3/h;1H2. The lowest BCUT2D eigenvalue weighted by Crippen LogP contribution is -1.86. The first-order chi connectivity index (χ1) is 3.41. The molecule has 0 aromatic carbocycles.